The molecular weight excluding hydrogens is 228 g/mol. The lowest BCUT2D eigenvalue weighted by atomic mass is 10.1. The first-order valence-corrected chi connectivity index (χ1v) is 6.24. The van der Waals surface area contributed by atoms with E-state index in [1.54, 1.807) is 0 Å². The summed E-state index contributed by atoms with van der Waals surface area (Å²) >= 11 is 0. The molecule has 0 saturated carbocycles. The molecule has 0 spiro atoms. The van der Waals surface area contributed by atoms with Crippen LogP contribution in [-0.2, 0) is 4.74 Å². The Bertz CT molecular complexity index is 451. The molecule has 1 aromatic carbocycles. The Morgan fingerprint density at radius 2 is 2.39 bits per heavy atom. The summed E-state index contributed by atoms with van der Waals surface area (Å²) in [6, 6.07) is 5.83. The molecule has 0 radical (unpaired) electrons. The summed E-state index contributed by atoms with van der Waals surface area (Å²) in [5.74, 6) is 6.42. The van der Waals surface area contributed by atoms with Crippen LogP contribution in [0.4, 0.5) is 0 Å². The highest BCUT2D eigenvalue weighted by atomic mass is 16.5. The number of aliphatic hydroxyl groups excluding tert-OH is 1. The highest BCUT2D eigenvalue weighted by Gasteiger charge is 2.15. The van der Waals surface area contributed by atoms with Crippen molar-refractivity contribution in [3.8, 4) is 17.6 Å². The zero-order chi connectivity index (χ0) is 12.8. The lowest BCUT2D eigenvalue weighted by Gasteiger charge is -2.23. The third-order valence-electron chi connectivity index (χ3n) is 2.92. The van der Waals surface area contributed by atoms with Crippen LogP contribution in [0.3, 0.4) is 0 Å². The van der Waals surface area contributed by atoms with E-state index < -0.39 is 0 Å². The fourth-order valence-electron chi connectivity index (χ4n) is 1.98. The summed E-state index contributed by atoms with van der Waals surface area (Å²) in [4.78, 5) is 0. The van der Waals surface area contributed by atoms with E-state index in [1.165, 1.54) is 0 Å². The summed E-state index contributed by atoms with van der Waals surface area (Å²) in [5.41, 5.74) is 1.99. The molecule has 96 valence electrons. The van der Waals surface area contributed by atoms with Gasteiger partial charge in [-0.15, -0.1) is 0 Å². The van der Waals surface area contributed by atoms with Gasteiger partial charge in [-0.3, -0.25) is 0 Å². The fraction of sp³-hybridized carbons (Fsp3) is 0.467. The molecule has 1 aliphatic heterocycles. The van der Waals surface area contributed by atoms with Gasteiger partial charge in [-0.05, 0) is 43.5 Å². The van der Waals surface area contributed by atoms with Crippen molar-refractivity contribution in [2.75, 3.05) is 19.8 Å². The van der Waals surface area contributed by atoms with Gasteiger partial charge >= 0.3 is 0 Å². The van der Waals surface area contributed by atoms with Crippen molar-refractivity contribution in [2.45, 2.75) is 25.9 Å². The summed E-state index contributed by atoms with van der Waals surface area (Å²) < 4.78 is 11.3. The van der Waals surface area contributed by atoms with Crippen LogP contribution in [0.1, 0.15) is 24.0 Å². The van der Waals surface area contributed by atoms with Gasteiger partial charge in [0.2, 0.25) is 0 Å². The van der Waals surface area contributed by atoms with Crippen molar-refractivity contribution in [3.63, 3.8) is 0 Å². The predicted molar refractivity (Wildman–Crippen MR) is 69.6 cm³/mol. The van der Waals surface area contributed by atoms with E-state index in [-0.39, 0.29) is 12.7 Å². The first-order chi connectivity index (χ1) is 8.79. The molecule has 1 saturated heterocycles. The van der Waals surface area contributed by atoms with Crippen LogP contribution in [-0.4, -0.2) is 31.0 Å². The lowest BCUT2D eigenvalue weighted by molar-refractivity contribution is 0.00741. The zero-order valence-electron chi connectivity index (χ0n) is 10.6. The van der Waals surface area contributed by atoms with E-state index in [9.17, 15) is 0 Å². The molecule has 0 amide bonds. The Morgan fingerprint density at radius 3 is 3.06 bits per heavy atom. The largest absolute Gasteiger partial charge is 0.488 e. The van der Waals surface area contributed by atoms with Gasteiger partial charge < -0.3 is 14.6 Å². The van der Waals surface area contributed by atoms with Crippen LogP contribution < -0.4 is 4.74 Å². The highest BCUT2D eigenvalue weighted by molar-refractivity contribution is 5.44. The van der Waals surface area contributed by atoms with Gasteiger partial charge in [0, 0.05) is 12.2 Å². The molecule has 3 heteroatoms. The summed E-state index contributed by atoms with van der Waals surface area (Å²) in [6.07, 6.45) is 2.27. The normalized spacial score (nSPS) is 18.9. The third-order valence-corrected chi connectivity index (χ3v) is 2.92. The molecule has 1 aromatic rings. The molecule has 0 bridgehead atoms. The quantitative estimate of drug-likeness (QED) is 0.810. The Labute approximate surface area is 108 Å². The monoisotopic (exact) mass is 246 g/mol. The van der Waals surface area contributed by atoms with Crippen LogP contribution >= 0.6 is 0 Å². The zero-order valence-corrected chi connectivity index (χ0v) is 10.6. The molecule has 0 aliphatic carbocycles. The SMILES string of the molecule is Cc1cc(OC2CCCOC2)ccc1C#CCO. The topological polar surface area (TPSA) is 38.7 Å². The molecule has 2 rings (SSSR count). The Kier molecular flexibility index (Phi) is 4.63. The number of aliphatic hydroxyl groups is 1. The number of hydrogen-bond acceptors (Lipinski definition) is 3. The summed E-state index contributed by atoms with van der Waals surface area (Å²) in [7, 11) is 0. The van der Waals surface area contributed by atoms with Crippen LogP contribution in [0.15, 0.2) is 18.2 Å². The Hall–Kier alpha value is -1.50. The number of hydrogen-bond donors (Lipinski definition) is 1. The first kappa shape index (κ1) is 12.9. The minimum Gasteiger partial charge on any atom is -0.488 e. The van der Waals surface area contributed by atoms with Crippen molar-refractivity contribution in [1.82, 2.24) is 0 Å². The minimum atomic E-state index is -0.114. The van der Waals surface area contributed by atoms with Crippen molar-refractivity contribution >= 4 is 0 Å². The molecule has 1 aliphatic rings. The number of aryl methyl sites for hydroxylation is 1. The number of benzene rings is 1. The molecule has 1 N–H and O–H groups in total. The number of rotatable bonds is 2. The van der Waals surface area contributed by atoms with Gasteiger partial charge in [0.05, 0.1) is 6.61 Å². The second kappa shape index (κ2) is 6.44. The molecule has 1 heterocycles. The molecule has 1 atom stereocenters. The molecule has 18 heavy (non-hydrogen) atoms. The van der Waals surface area contributed by atoms with E-state index in [1.807, 2.05) is 25.1 Å². The fourth-order valence-corrected chi connectivity index (χ4v) is 1.98. The maximum Gasteiger partial charge on any atom is 0.122 e. The van der Waals surface area contributed by atoms with Crippen molar-refractivity contribution in [3.05, 3.63) is 29.3 Å². The van der Waals surface area contributed by atoms with Crippen molar-refractivity contribution in [1.29, 1.82) is 0 Å². The van der Waals surface area contributed by atoms with Crippen LogP contribution in [0.2, 0.25) is 0 Å². The first-order valence-electron chi connectivity index (χ1n) is 6.24. The van der Waals surface area contributed by atoms with Gasteiger partial charge in [0.25, 0.3) is 0 Å². The van der Waals surface area contributed by atoms with Gasteiger partial charge in [0.1, 0.15) is 18.5 Å². The molecular formula is C15H18O3. The summed E-state index contributed by atoms with van der Waals surface area (Å²) in [6.45, 7) is 3.39. The maximum absolute atomic E-state index is 8.68. The van der Waals surface area contributed by atoms with E-state index >= 15 is 0 Å². The van der Waals surface area contributed by atoms with E-state index in [2.05, 4.69) is 11.8 Å². The van der Waals surface area contributed by atoms with Crippen molar-refractivity contribution in [2.24, 2.45) is 0 Å². The van der Waals surface area contributed by atoms with Gasteiger partial charge in [-0.25, -0.2) is 0 Å². The molecule has 1 unspecified atom stereocenters. The van der Waals surface area contributed by atoms with E-state index in [0.29, 0.717) is 6.61 Å². The second-order valence-electron chi connectivity index (χ2n) is 4.39. The van der Waals surface area contributed by atoms with Crippen LogP contribution in [0.25, 0.3) is 0 Å². The second-order valence-corrected chi connectivity index (χ2v) is 4.39. The number of ether oxygens (including phenoxy) is 2. The minimum absolute atomic E-state index is 0.114. The average Bonchev–Trinajstić information content (AvgIpc) is 2.39. The lowest BCUT2D eigenvalue weighted by Crippen LogP contribution is -2.28. The third kappa shape index (κ3) is 3.49. The van der Waals surface area contributed by atoms with Crippen molar-refractivity contribution < 1.29 is 14.6 Å². The average molecular weight is 246 g/mol. The van der Waals surface area contributed by atoms with Gasteiger partial charge in [-0.2, -0.15) is 0 Å². The maximum atomic E-state index is 8.68. The predicted octanol–water partition coefficient (Wildman–Crippen LogP) is 1.90. The standard InChI is InChI=1S/C15H18O3/c1-12-10-14(7-6-13(12)4-2-8-16)18-15-5-3-9-17-11-15/h6-7,10,15-16H,3,5,8-9,11H2,1H3. The molecule has 3 nitrogen and oxygen atoms in total. The Balaban J connectivity index is 2.03. The van der Waals surface area contributed by atoms with E-state index in [0.717, 1.165) is 36.3 Å². The smallest absolute Gasteiger partial charge is 0.122 e. The molecule has 1 fully saturated rings. The van der Waals surface area contributed by atoms with E-state index in [4.69, 9.17) is 14.6 Å². The van der Waals surface area contributed by atoms with Crippen LogP contribution in [0.5, 0.6) is 5.75 Å². The van der Waals surface area contributed by atoms with Gasteiger partial charge in [-0.1, -0.05) is 11.8 Å². The molecule has 0 aromatic heterocycles. The Morgan fingerprint density at radius 1 is 1.50 bits per heavy atom. The summed E-state index contributed by atoms with van der Waals surface area (Å²) in [5, 5.41) is 8.68. The van der Waals surface area contributed by atoms with Gasteiger partial charge in [0.15, 0.2) is 0 Å². The highest BCUT2D eigenvalue weighted by Crippen LogP contribution is 2.20. The van der Waals surface area contributed by atoms with Crippen LogP contribution in [0, 0.1) is 18.8 Å².